The number of nitrogen functional groups attached to an aromatic ring is 1. The number of imidazole rings is 1. The maximum Gasteiger partial charge on any atom is 0.212 e. The Hall–Kier alpha value is -2.76. The first-order chi connectivity index (χ1) is 9.74. The summed E-state index contributed by atoms with van der Waals surface area (Å²) < 4.78 is 5.02. The molecule has 0 unspecified atom stereocenters. The molecule has 102 valence electrons. The number of pyridine rings is 1. The number of aromatic nitrogens is 3. The number of methoxy groups -OCH3 is 1. The van der Waals surface area contributed by atoms with Crippen LogP contribution in [-0.4, -0.2) is 22.1 Å². The van der Waals surface area contributed by atoms with Gasteiger partial charge >= 0.3 is 0 Å². The first-order valence-corrected chi connectivity index (χ1v) is 6.22. The molecule has 0 aliphatic carbocycles. The highest BCUT2D eigenvalue weighted by Crippen LogP contribution is 2.17. The van der Waals surface area contributed by atoms with E-state index < -0.39 is 0 Å². The topological polar surface area (TPSA) is 88.9 Å². The van der Waals surface area contributed by atoms with Crippen LogP contribution < -0.4 is 15.8 Å². The lowest BCUT2D eigenvalue weighted by Gasteiger charge is -2.03. The monoisotopic (exact) mass is 269 g/mol. The van der Waals surface area contributed by atoms with Crippen molar-refractivity contribution in [2.45, 2.75) is 6.54 Å². The molecule has 0 aliphatic rings. The summed E-state index contributed by atoms with van der Waals surface area (Å²) in [6.45, 7) is 0.631. The fourth-order valence-electron chi connectivity index (χ4n) is 1.93. The number of hydrogen-bond donors (Lipinski definition) is 3. The summed E-state index contributed by atoms with van der Waals surface area (Å²) >= 11 is 0. The van der Waals surface area contributed by atoms with Crippen LogP contribution in [0, 0.1) is 0 Å². The van der Waals surface area contributed by atoms with Crippen LogP contribution in [0.1, 0.15) is 5.56 Å². The highest BCUT2D eigenvalue weighted by atomic mass is 16.5. The first kappa shape index (κ1) is 12.3. The largest absolute Gasteiger partial charge is 0.481 e. The summed E-state index contributed by atoms with van der Waals surface area (Å²) in [4.78, 5) is 11.8. The van der Waals surface area contributed by atoms with Crippen molar-refractivity contribution in [1.29, 1.82) is 0 Å². The van der Waals surface area contributed by atoms with E-state index in [4.69, 9.17) is 10.5 Å². The SMILES string of the molecule is COc1ccc(CNc2nc3ccc(N)cc3[nH]2)cn1. The third kappa shape index (κ3) is 2.49. The van der Waals surface area contributed by atoms with Gasteiger partial charge in [-0.25, -0.2) is 9.97 Å². The minimum Gasteiger partial charge on any atom is -0.481 e. The minimum atomic E-state index is 0.605. The highest BCUT2D eigenvalue weighted by molar-refractivity contribution is 5.80. The number of anilines is 2. The van der Waals surface area contributed by atoms with Crippen molar-refractivity contribution < 1.29 is 4.74 Å². The summed E-state index contributed by atoms with van der Waals surface area (Å²) in [7, 11) is 1.60. The molecule has 0 aliphatic heterocycles. The van der Waals surface area contributed by atoms with Crippen molar-refractivity contribution in [1.82, 2.24) is 15.0 Å². The second kappa shape index (κ2) is 5.08. The number of aromatic amines is 1. The van der Waals surface area contributed by atoms with Crippen molar-refractivity contribution in [3.8, 4) is 5.88 Å². The molecule has 4 N–H and O–H groups in total. The van der Waals surface area contributed by atoms with Gasteiger partial charge in [-0.05, 0) is 23.8 Å². The van der Waals surface area contributed by atoms with Gasteiger partial charge in [0.25, 0.3) is 0 Å². The van der Waals surface area contributed by atoms with Gasteiger partial charge in [-0.15, -0.1) is 0 Å². The van der Waals surface area contributed by atoms with Crippen molar-refractivity contribution in [3.63, 3.8) is 0 Å². The lowest BCUT2D eigenvalue weighted by Crippen LogP contribution is -2.01. The van der Waals surface area contributed by atoms with E-state index in [1.54, 1.807) is 13.3 Å². The molecule has 0 saturated carbocycles. The molecular weight excluding hydrogens is 254 g/mol. The molecule has 0 radical (unpaired) electrons. The average molecular weight is 269 g/mol. The summed E-state index contributed by atoms with van der Waals surface area (Å²) in [5.74, 6) is 1.31. The maximum atomic E-state index is 5.74. The Morgan fingerprint density at radius 1 is 1.30 bits per heavy atom. The molecule has 0 bridgehead atoms. The van der Waals surface area contributed by atoms with E-state index >= 15 is 0 Å². The van der Waals surface area contributed by atoms with E-state index in [9.17, 15) is 0 Å². The summed E-state index contributed by atoms with van der Waals surface area (Å²) in [6, 6.07) is 9.37. The maximum absolute atomic E-state index is 5.74. The van der Waals surface area contributed by atoms with Gasteiger partial charge < -0.3 is 20.8 Å². The molecule has 6 nitrogen and oxygen atoms in total. The zero-order valence-electron chi connectivity index (χ0n) is 11.1. The van der Waals surface area contributed by atoms with E-state index in [0.29, 0.717) is 24.1 Å². The third-order valence-electron chi connectivity index (χ3n) is 2.97. The van der Waals surface area contributed by atoms with Crippen LogP contribution in [0.3, 0.4) is 0 Å². The second-order valence-corrected chi connectivity index (χ2v) is 4.42. The highest BCUT2D eigenvalue weighted by Gasteiger charge is 2.03. The first-order valence-electron chi connectivity index (χ1n) is 6.22. The molecule has 0 spiro atoms. The summed E-state index contributed by atoms with van der Waals surface area (Å²) in [6.07, 6.45) is 1.77. The van der Waals surface area contributed by atoms with Gasteiger partial charge in [0.05, 0.1) is 18.1 Å². The normalized spacial score (nSPS) is 10.7. The van der Waals surface area contributed by atoms with Crippen molar-refractivity contribution >= 4 is 22.7 Å². The quantitative estimate of drug-likeness (QED) is 0.632. The number of nitrogens with zero attached hydrogens (tertiary/aromatic N) is 2. The predicted octanol–water partition coefficient (Wildman–Crippen LogP) is 2.16. The number of ether oxygens (including phenoxy) is 1. The number of nitrogens with one attached hydrogen (secondary N) is 2. The van der Waals surface area contributed by atoms with Crippen LogP contribution in [0.15, 0.2) is 36.5 Å². The number of rotatable bonds is 4. The fraction of sp³-hybridized carbons (Fsp3) is 0.143. The number of benzene rings is 1. The van der Waals surface area contributed by atoms with Gasteiger partial charge in [-0.2, -0.15) is 0 Å². The van der Waals surface area contributed by atoms with E-state index in [1.807, 2.05) is 30.3 Å². The number of H-pyrrole nitrogens is 1. The lowest BCUT2D eigenvalue weighted by atomic mass is 10.3. The van der Waals surface area contributed by atoms with E-state index in [2.05, 4.69) is 20.3 Å². The van der Waals surface area contributed by atoms with E-state index in [1.165, 1.54) is 0 Å². The molecule has 0 fully saturated rings. The zero-order chi connectivity index (χ0) is 13.9. The van der Waals surface area contributed by atoms with Crippen LogP contribution >= 0.6 is 0 Å². The summed E-state index contributed by atoms with van der Waals surface area (Å²) in [5.41, 5.74) is 9.30. The van der Waals surface area contributed by atoms with Gasteiger partial charge in [0.1, 0.15) is 0 Å². The predicted molar refractivity (Wildman–Crippen MR) is 78.6 cm³/mol. The molecule has 1 aromatic carbocycles. The van der Waals surface area contributed by atoms with Gasteiger partial charge in [0.2, 0.25) is 11.8 Å². The molecule has 3 rings (SSSR count). The Bertz CT molecular complexity index is 720. The molecule has 0 atom stereocenters. The Labute approximate surface area is 116 Å². The molecular formula is C14H15N5O. The Balaban J connectivity index is 1.72. The van der Waals surface area contributed by atoms with Crippen molar-refractivity contribution in [2.24, 2.45) is 0 Å². The van der Waals surface area contributed by atoms with Crippen LogP contribution in [0.5, 0.6) is 5.88 Å². The van der Waals surface area contributed by atoms with Gasteiger partial charge in [0, 0.05) is 24.5 Å². The molecule has 6 heteroatoms. The molecule has 2 heterocycles. The van der Waals surface area contributed by atoms with Gasteiger partial charge in [-0.1, -0.05) is 6.07 Å². The van der Waals surface area contributed by atoms with Gasteiger partial charge in [0.15, 0.2) is 0 Å². The Morgan fingerprint density at radius 3 is 2.95 bits per heavy atom. The third-order valence-corrected chi connectivity index (χ3v) is 2.97. The van der Waals surface area contributed by atoms with E-state index in [0.717, 1.165) is 16.6 Å². The van der Waals surface area contributed by atoms with Crippen LogP contribution in [0.4, 0.5) is 11.6 Å². The number of fused-ring (bicyclic) bond motifs is 1. The number of hydrogen-bond acceptors (Lipinski definition) is 5. The van der Waals surface area contributed by atoms with Crippen molar-refractivity contribution in [3.05, 3.63) is 42.1 Å². The van der Waals surface area contributed by atoms with Crippen LogP contribution in [0.2, 0.25) is 0 Å². The molecule has 0 saturated heterocycles. The molecule has 0 amide bonds. The minimum absolute atomic E-state index is 0.605. The molecule has 20 heavy (non-hydrogen) atoms. The molecule has 2 aromatic heterocycles. The Morgan fingerprint density at radius 2 is 2.20 bits per heavy atom. The molecule has 3 aromatic rings. The van der Waals surface area contributed by atoms with E-state index in [-0.39, 0.29) is 0 Å². The second-order valence-electron chi connectivity index (χ2n) is 4.42. The standard InChI is InChI=1S/C14H15N5O/c1-20-13-5-2-9(7-16-13)8-17-14-18-11-4-3-10(15)6-12(11)19-14/h2-7H,8,15H2,1H3,(H2,17,18,19). The van der Waals surface area contributed by atoms with Crippen molar-refractivity contribution in [2.75, 3.05) is 18.2 Å². The zero-order valence-corrected chi connectivity index (χ0v) is 11.1. The number of nitrogens with two attached hydrogens (primary N) is 1. The lowest BCUT2D eigenvalue weighted by molar-refractivity contribution is 0.397. The average Bonchev–Trinajstić information content (AvgIpc) is 2.87. The van der Waals surface area contributed by atoms with Gasteiger partial charge in [-0.3, -0.25) is 0 Å². The van der Waals surface area contributed by atoms with Crippen LogP contribution in [0.25, 0.3) is 11.0 Å². The fourth-order valence-corrected chi connectivity index (χ4v) is 1.93. The van der Waals surface area contributed by atoms with Crippen LogP contribution in [-0.2, 0) is 6.54 Å². The smallest absolute Gasteiger partial charge is 0.212 e. The summed E-state index contributed by atoms with van der Waals surface area (Å²) in [5, 5.41) is 3.22. The Kier molecular flexibility index (Phi) is 3.12.